The smallest absolute Gasteiger partial charge is 0.141 e. The Labute approximate surface area is 103 Å². The third-order valence-electron chi connectivity index (χ3n) is 4.03. The van der Waals surface area contributed by atoms with Gasteiger partial charge in [-0.1, -0.05) is 13.3 Å². The fraction of sp³-hybridized carbons (Fsp3) is 0.714. The summed E-state index contributed by atoms with van der Waals surface area (Å²) >= 11 is 0. The normalized spacial score (nSPS) is 24.2. The van der Waals surface area contributed by atoms with Gasteiger partial charge in [0.05, 0.1) is 5.69 Å². The highest BCUT2D eigenvalue weighted by molar-refractivity contribution is 5.83. The van der Waals surface area contributed by atoms with Crippen molar-refractivity contribution in [2.75, 3.05) is 0 Å². The van der Waals surface area contributed by atoms with Crippen LogP contribution in [-0.4, -0.2) is 15.6 Å². The number of ketones is 1. The number of nitrogens with zero attached hydrogens (tertiary/aromatic N) is 2. The van der Waals surface area contributed by atoms with E-state index < -0.39 is 0 Å². The minimum Gasteiger partial charge on any atom is -0.299 e. The Morgan fingerprint density at radius 3 is 2.82 bits per heavy atom. The summed E-state index contributed by atoms with van der Waals surface area (Å²) in [5.41, 5.74) is 2.04. The van der Waals surface area contributed by atoms with Crippen molar-refractivity contribution in [3.63, 3.8) is 0 Å². The van der Waals surface area contributed by atoms with Gasteiger partial charge in [-0.2, -0.15) is 5.10 Å². The minimum absolute atomic E-state index is 0.301. The number of aryl methyl sites for hydroxylation is 2. The molecule has 2 atom stereocenters. The molecule has 1 aromatic rings. The third kappa shape index (κ3) is 2.76. The van der Waals surface area contributed by atoms with Crippen molar-refractivity contribution in [2.24, 2.45) is 18.9 Å². The summed E-state index contributed by atoms with van der Waals surface area (Å²) in [5.74, 6) is 1.48. The van der Waals surface area contributed by atoms with Crippen LogP contribution in [0.3, 0.4) is 0 Å². The molecule has 0 N–H and O–H groups in total. The van der Waals surface area contributed by atoms with Crippen LogP contribution >= 0.6 is 0 Å². The highest BCUT2D eigenvalue weighted by Gasteiger charge is 2.28. The molecule has 1 fully saturated rings. The van der Waals surface area contributed by atoms with Crippen LogP contribution in [0.15, 0.2) is 6.07 Å². The third-order valence-corrected chi connectivity index (χ3v) is 4.03. The van der Waals surface area contributed by atoms with Crippen LogP contribution in [0, 0.1) is 18.8 Å². The summed E-state index contributed by atoms with van der Waals surface area (Å²) in [5, 5.41) is 4.29. The molecule has 0 aliphatic heterocycles. The van der Waals surface area contributed by atoms with Gasteiger partial charge in [0.2, 0.25) is 0 Å². The molecule has 0 amide bonds. The molecule has 1 aliphatic carbocycles. The molecule has 94 valence electrons. The van der Waals surface area contributed by atoms with E-state index in [1.807, 2.05) is 24.7 Å². The summed E-state index contributed by atoms with van der Waals surface area (Å²) in [6.45, 7) is 4.19. The first kappa shape index (κ1) is 12.3. The number of rotatable bonds is 4. The second kappa shape index (κ2) is 5.03. The lowest BCUT2D eigenvalue weighted by Gasteiger charge is -2.09. The van der Waals surface area contributed by atoms with Gasteiger partial charge in [0.15, 0.2) is 0 Å². The van der Waals surface area contributed by atoms with Crippen LogP contribution < -0.4 is 0 Å². The number of hydrogen-bond acceptors (Lipinski definition) is 2. The summed E-state index contributed by atoms with van der Waals surface area (Å²) in [6.07, 6.45) is 5.20. The predicted molar refractivity (Wildman–Crippen MR) is 67.8 cm³/mol. The van der Waals surface area contributed by atoms with Gasteiger partial charge in [0, 0.05) is 25.1 Å². The fourth-order valence-electron chi connectivity index (χ4n) is 2.89. The van der Waals surface area contributed by atoms with E-state index in [1.54, 1.807) is 0 Å². The molecule has 1 aliphatic rings. The molecule has 1 heterocycles. The highest BCUT2D eigenvalue weighted by Crippen LogP contribution is 2.33. The Kier molecular flexibility index (Phi) is 3.65. The first-order valence-electron chi connectivity index (χ1n) is 6.62. The zero-order valence-electron chi connectivity index (χ0n) is 11.1. The van der Waals surface area contributed by atoms with Gasteiger partial charge < -0.3 is 0 Å². The Hall–Kier alpha value is -1.12. The molecular formula is C14H22N2O. The molecule has 1 saturated carbocycles. The van der Waals surface area contributed by atoms with Gasteiger partial charge in [0.25, 0.3) is 0 Å². The lowest BCUT2D eigenvalue weighted by molar-refractivity contribution is -0.122. The zero-order chi connectivity index (χ0) is 12.4. The molecule has 0 bridgehead atoms. The van der Waals surface area contributed by atoms with E-state index >= 15 is 0 Å². The van der Waals surface area contributed by atoms with Gasteiger partial charge in [-0.15, -0.1) is 0 Å². The maximum Gasteiger partial charge on any atom is 0.141 e. The second-order valence-electron chi connectivity index (χ2n) is 5.33. The van der Waals surface area contributed by atoms with Gasteiger partial charge >= 0.3 is 0 Å². The van der Waals surface area contributed by atoms with Crippen LogP contribution in [0.1, 0.15) is 44.0 Å². The minimum atomic E-state index is 0.301. The molecule has 0 saturated heterocycles. The summed E-state index contributed by atoms with van der Waals surface area (Å²) in [6, 6.07) is 2.02. The van der Waals surface area contributed by atoms with E-state index in [4.69, 9.17) is 0 Å². The van der Waals surface area contributed by atoms with Crippen LogP contribution in [0.4, 0.5) is 0 Å². The van der Waals surface area contributed by atoms with Crippen molar-refractivity contribution >= 4 is 5.78 Å². The van der Waals surface area contributed by atoms with E-state index in [-0.39, 0.29) is 0 Å². The first-order chi connectivity index (χ1) is 8.10. The van der Waals surface area contributed by atoms with Gasteiger partial charge in [-0.25, -0.2) is 0 Å². The molecule has 0 radical (unpaired) electrons. The number of hydrogen-bond donors (Lipinski definition) is 0. The summed E-state index contributed by atoms with van der Waals surface area (Å²) in [4.78, 5) is 12.2. The van der Waals surface area contributed by atoms with E-state index in [0.717, 1.165) is 30.1 Å². The van der Waals surface area contributed by atoms with Gasteiger partial charge in [-0.3, -0.25) is 9.48 Å². The van der Waals surface area contributed by atoms with Crippen LogP contribution in [0.5, 0.6) is 0 Å². The molecule has 3 heteroatoms. The largest absolute Gasteiger partial charge is 0.299 e. The van der Waals surface area contributed by atoms with E-state index in [0.29, 0.717) is 18.1 Å². The number of Topliss-reactive ketones (excluding diaryl/α,β-unsaturated/α-hetero) is 1. The first-order valence-corrected chi connectivity index (χ1v) is 6.62. The van der Waals surface area contributed by atoms with E-state index in [2.05, 4.69) is 12.0 Å². The summed E-state index contributed by atoms with van der Waals surface area (Å²) in [7, 11) is 1.92. The van der Waals surface area contributed by atoms with Crippen molar-refractivity contribution < 1.29 is 4.79 Å². The average molecular weight is 234 g/mol. The number of carbonyl (C=O) groups is 1. The predicted octanol–water partition coefficient (Wildman–Crippen LogP) is 2.67. The van der Waals surface area contributed by atoms with Crippen molar-refractivity contribution in [3.8, 4) is 0 Å². The van der Waals surface area contributed by atoms with Crippen molar-refractivity contribution in [2.45, 2.75) is 46.0 Å². The standard InChI is InChI=1S/C14H22N2O/c1-4-11-5-6-12(8-11)14(17)9-13-7-10(2)15-16(13)3/h7,11-12H,4-6,8-9H2,1-3H3. The Balaban J connectivity index is 1.96. The highest BCUT2D eigenvalue weighted by atomic mass is 16.1. The molecule has 0 spiro atoms. The van der Waals surface area contributed by atoms with Gasteiger partial charge in [-0.05, 0) is 38.2 Å². The average Bonchev–Trinajstić information content (AvgIpc) is 2.86. The molecular weight excluding hydrogens is 212 g/mol. The molecule has 0 aromatic carbocycles. The fourth-order valence-corrected chi connectivity index (χ4v) is 2.89. The SMILES string of the molecule is CCC1CCC(C(=O)Cc2cc(C)nn2C)C1. The molecule has 1 aromatic heterocycles. The van der Waals surface area contributed by atoms with Crippen molar-refractivity contribution in [1.82, 2.24) is 9.78 Å². The topological polar surface area (TPSA) is 34.9 Å². The van der Waals surface area contributed by atoms with Crippen LogP contribution in [0.2, 0.25) is 0 Å². The number of carbonyl (C=O) groups excluding carboxylic acids is 1. The Morgan fingerprint density at radius 1 is 1.53 bits per heavy atom. The molecule has 2 unspecified atom stereocenters. The van der Waals surface area contributed by atoms with E-state index in [9.17, 15) is 4.79 Å². The molecule has 3 nitrogen and oxygen atoms in total. The Morgan fingerprint density at radius 2 is 2.29 bits per heavy atom. The Bertz CT molecular complexity index is 408. The maximum absolute atomic E-state index is 12.2. The van der Waals surface area contributed by atoms with E-state index in [1.165, 1.54) is 12.8 Å². The summed E-state index contributed by atoms with van der Waals surface area (Å²) < 4.78 is 1.83. The lowest BCUT2D eigenvalue weighted by Crippen LogP contribution is -2.16. The maximum atomic E-state index is 12.2. The van der Waals surface area contributed by atoms with Crippen molar-refractivity contribution in [1.29, 1.82) is 0 Å². The van der Waals surface area contributed by atoms with Gasteiger partial charge in [0.1, 0.15) is 5.78 Å². The zero-order valence-corrected chi connectivity index (χ0v) is 11.1. The molecule has 2 rings (SSSR count). The van der Waals surface area contributed by atoms with Crippen molar-refractivity contribution in [3.05, 3.63) is 17.5 Å². The quantitative estimate of drug-likeness (QED) is 0.802. The van der Waals surface area contributed by atoms with Crippen LogP contribution in [-0.2, 0) is 18.3 Å². The second-order valence-corrected chi connectivity index (χ2v) is 5.33. The van der Waals surface area contributed by atoms with Crippen LogP contribution in [0.25, 0.3) is 0 Å². The molecule has 17 heavy (non-hydrogen) atoms. The number of aromatic nitrogens is 2. The lowest BCUT2D eigenvalue weighted by atomic mass is 9.96. The monoisotopic (exact) mass is 234 g/mol.